The van der Waals surface area contributed by atoms with Gasteiger partial charge in [0.2, 0.25) is 5.60 Å². The zero-order valence-corrected chi connectivity index (χ0v) is 17.4. The highest BCUT2D eigenvalue weighted by molar-refractivity contribution is 8.00. The number of aromatic nitrogens is 4. The monoisotopic (exact) mass is 456 g/mol. The van der Waals surface area contributed by atoms with Gasteiger partial charge in [0.15, 0.2) is 16.4 Å². The summed E-state index contributed by atoms with van der Waals surface area (Å²) in [5.74, 6) is -2.45. The van der Waals surface area contributed by atoms with Gasteiger partial charge in [-0.3, -0.25) is 0 Å². The average Bonchev–Trinajstić information content (AvgIpc) is 3.42. The third kappa shape index (κ3) is 3.44. The zero-order chi connectivity index (χ0) is 21.6. The van der Waals surface area contributed by atoms with Crippen LogP contribution in [0.25, 0.3) is 22.1 Å². The van der Waals surface area contributed by atoms with E-state index in [9.17, 15) is 19.8 Å². The van der Waals surface area contributed by atoms with E-state index in [0.29, 0.717) is 15.8 Å². The van der Waals surface area contributed by atoms with E-state index < -0.39 is 28.9 Å². The van der Waals surface area contributed by atoms with Crippen LogP contribution in [0.2, 0.25) is 0 Å². The number of hydrogen-bond donors (Lipinski definition) is 4. The number of rotatable bonds is 6. The van der Waals surface area contributed by atoms with Crippen molar-refractivity contribution in [2.75, 3.05) is 5.75 Å². The van der Waals surface area contributed by atoms with E-state index in [-0.39, 0.29) is 5.75 Å². The predicted molar refractivity (Wildman–Crippen MR) is 115 cm³/mol. The minimum Gasteiger partial charge on any atom is -0.478 e. The Morgan fingerprint density at radius 1 is 1.03 bits per heavy atom. The molecule has 2 aromatic heterocycles. The number of benzene rings is 2. The fourth-order valence-corrected chi connectivity index (χ4v) is 5.84. The summed E-state index contributed by atoms with van der Waals surface area (Å²) in [4.78, 5) is 39.5. The standard InChI is InChI=1S/C20H16N4O5S2/c25-14-15(31-19-23-12-7-3-4-8-13(12)24-19)20(17(27)28,29-16(14)26)9-30-18-21-10-5-1-2-6-11(10)22-18/h1-8,14-15,25H,9H2,(H,21,22)(H,23,24)(H,27,28). The SMILES string of the molecule is O=C1OC(CSc2nc3ccccc3[nH]2)(C(=O)O)C(Sc2nc3ccccc3[nH]2)C1O. The molecule has 3 unspecified atom stereocenters. The number of para-hydroxylation sites is 4. The maximum atomic E-state index is 12.3. The van der Waals surface area contributed by atoms with Gasteiger partial charge in [-0.2, -0.15) is 0 Å². The van der Waals surface area contributed by atoms with Crippen LogP contribution in [0.5, 0.6) is 0 Å². The van der Waals surface area contributed by atoms with E-state index in [1.165, 1.54) is 0 Å². The van der Waals surface area contributed by atoms with Crippen LogP contribution in [0.1, 0.15) is 0 Å². The highest BCUT2D eigenvalue weighted by atomic mass is 32.2. The molecular weight excluding hydrogens is 440 g/mol. The second kappa shape index (κ2) is 7.59. The number of carbonyl (C=O) groups is 2. The Bertz CT molecular complexity index is 1240. The molecule has 158 valence electrons. The molecular formula is C20H16N4O5S2. The largest absolute Gasteiger partial charge is 0.478 e. The number of aromatic amines is 2. The number of carbonyl (C=O) groups excluding carboxylic acids is 1. The van der Waals surface area contributed by atoms with E-state index in [4.69, 9.17) is 4.74 Å². The van der Waals surface area contributed by atoms with E-state index in [1.54, 1.807) is 0 Å². The molecule has 5 rings (SSSR count). The minimum atomic E-state index is -1.95. The molecule has 1 fully saturated rings. The molecule has 3 heterocycles. The normalized spacial score (nSPS) is 23.5. The van der Waals surface area contributed by atoms with Crippen LogP contribution < -0.4 is 0 Å². The molecule has 4 N–H and O–H groups in total. The lowest BCUT2D eigenvalue weighted by Crippen LogP contribution is -2.50. The van der Waals surface area contributed by atoms with Crippen molar-refractivity contribution in [1.29, 1.82) is 0 Å². The lowest BCUT2D eigenvalue weighted by molar-refractivity contribution is -0.167. The summed E-state index contributed by atoms with van der Waals surface area (Å²) in [5.41, 5.74) is 1.06. The van der Waals surface area contributed by atoms with Crippen molar-refractivity contribution in [2.45, 2.75) is 27.3 Å². The molecule has 0 radical (unpaired) electrons. The van der Waals surface area contributed by atoms with Gasteiger partial charge < -0.3 is 24.9 Å². The summed E-state index contributed by atoms with van der Waals surface area (Å²) in [5, 5.41) is 20.3. The Hall–Kier alpha value is -3.02. The van der Waals surface area contributed by atoms with Crippen molar-refractivity contribution in [3.8, 4) is 0 Å². The maximum Gasteiger partial charge on any atom is 0.350 e. The summed E-state index contributed by atoms with van der Waals surface area (Å²) in [6, 6.07) is 14.7. The number of carboxylic acid groups (broad SMARTS) is 1. The topological polar surface area (TPSA) is 141 Å². The van der Waals surface area contributed by atoms with Crippen LogP contribution >= 0.6 is 23.5 Å². The van der Waals surface area contributed by atoms with Gasteiger partial charge >= 0.3 is 11.9 Å². The molecule has 0 spiro atoms. The molecule has 3 atom stereocenters. The number of esters is 1. The maximum absolute atomic E-state index is 12.3. The first-order valence-corrected chi connectivity index (χ1v) is 11.2. The summed E-state index contributed by atoms with van der Waals surface area (Å²) in [6.45, 7) is 0. The number of nitrogens with one attached hydrogen (secondary N) is 2. The van der Waals surface area contributed by atoms with Gasteiger partial charge in [0.25, 0.3) is 0 Å². The molecule has 0 aliphatic carbocycles. The lowest BCUT2D eigenvalue weighted by atomic mass is 10.0. The number of nitrogens with zero attached hydrogens (tertiary/aromatic N) is 2. The lowest BCUT2D eigenvalue weighted by Gasteiger charge is -2.27. The van der Waals surface area contributed by atoms with Gasteiger partial charge in [0.05, 0.1) is 27.8 Å². The molecule has 4 aromatic rings. The third-order valence-corrected chi connectivity index (χ3v) is 7.38. The molecule has 1 saturated heterocycles. The second-order valence-corrected chi connectivity index (χ2v) is 9.10. The number of imidazole rings is 2. The van der Waals surface area contributed by atoms with Gasteiger partial charge in [-0.05, 0) is 24.3 Å². The molecule has 31 heavy (non-hydrogen) atoms. The van der Waals surface area contributed by atoms with Gasteiger partial charge in [0.1, 0.15) is 5.25 Å². The Labute approximate surface area is 183 Å². The number of aliphatic hydroxyl groups excluding tert-OH is 1. The quantitative estimate of drug-likeness (QED) is 0.254. The number of aliphatic carboxylic acids is 1. The number of fused-ring (bicyclic) bond motifs is 2. The van der Waals surface area contributed by atoms with E-state index in [2.05, 4.69) is 19.9 Å². The fourth-order valence-electron chi connectivity index (χ4n) is 3.45. The van der Waals surface area contributed by atoms with Gasteiger partial charge in [-0.25, -0.2) is 19.6 Å². The Kier molecular flexibility index (Phi) is 4.88. The van der Waals surface area contributed by atoms with Crippen LogP contribution in [0, 0.1) is 0 Å². The summed E-state index contributed by atoms with van der Waals surface area (Å²) in [6.07, 6.45) is -1.61. The predicted octanol–water partition coefficient (Wildman–Crippen LogP) is 2.43. The molecule has 11 heteroatoms. The first-order valence-electron chi connectivity index (χ1n) is 9.29. The highest BCUT2D eigenvalue weighted by Gasteiger charge is 2.61. The number of hydrogen-bond acceptors (Lipinski definition) is 8. The van der Waals surface area contributed by atoms with E-state index in [1.807, 2.05) is 48.5 Å². The third-order valence-electron chi connectivity index (χ3n) is 5.03. The number of carboxylic acids is 1. The van der Waals surface area contributed by atoms with Gasteiger partial charge in [-0.15, -0.1) is 0 Å². The summed E-state index contributed by atoms with van der Waals surface area (Å²) in [7, 11) is 0. The zero-order valence-electron chi connectivity index (χ0n) is 15.8. The Balaban J connectivity index is 1.45. The number of aliphatic hydroxyl groups is 1. The van der Waals surface area contributed by atoms with Crippen molar-refractivity contribution < 1.29 is 24.5 Å². The molecule has 1 aliphatic heterocycles. The Morgan fingerprint density at radius 2 is 1.61 bits per heavy atom. The summed E-state index contributed by atoms with van der Waals surface area (Å²) >= 11 is 2.09. The van der Waals surface area contributed by atoms with Crippen molar-refractivity contribution in [2.24, 2.45) is 0 Å². The van der Waals surface area contributed by atoms with Crippen LogP contribution in [-0.2, 0) is 14.3 Å². The minimum absolute atomic E-state index is 0.136. The van der Waals surface area contributed by atoms with Crippen LogP contribution in [-0.4, -0.2) is 64.8 Å². The number of ether oxygens (including phenoxy) is 1. The molecule has 0 saturated carbocycles. The van der Waals surface area contributed by atoms with Crippen molar-refractivity contribution in [3.05, 3.63) is 48.5 Å². The summed E-state index contributed by atoms with van der Waals surface area (Å²) < 4.78 is 5.26. The van der Waals surface area contributed by atoms with E-state index in [0.717, 1.165) is 40.1 Å². The highest BCUT2D eigenvalue weighted by Crippen LogP contribution is 2.42. The molecule has 9 nitrogen and oxygen atoms in total. The van der Waals surface area contributed by atoms with Crippen LogP contribution in [0.4, 0.5) is 0 Å². The molecule has 0 bridgehead atoms. The average molecular weight is 457 g/mol. The van der Waals surface area contributed by atoms with Crippen LogP contribution in [0.3, 0.4) is 0 Å². The molecule has 2 aromatic carbocycles. The first kappa shape index (κ1) is 19.9. The van der Waals surface area contributed by atoms with Crippen molar-refractivity contribution in [1.82, 2.24) is 19.9 Å². The van der Waals surface area contributed by atoms with E-state index >= 15 is 0 Å². The number of H-pyrrole nitrogens is 2. The smallest absolute Gasteiger partial charge is 0.350 e. The fraction of sp³-hybridized carbons (Fsp3) is 0.200. The second-order valence-electron chi connectivity index (χ2n) is 7.01. The Morgan fingerprint density at radius 3 is 2.23 bits per heavy atom. The van der Waals surface area contributed by atoms with Gasteiger partial charge in [-0.1, -0.05) is 47.8 Å². The number of cyclic esters (lactones) is 1. The molecule has 1 aliphatic rings. The first-order chi connectivity index (χ1) is 15.0. The van der Waals surface area contributed by atoms with Gasteiger partial charge in [0, 0.05) is 0 Å². The molecule has 0 amide bonds. The van der Waals surface area contributed by atoms with Crippen molar-refractivity contribution in [3.63, 3.8) is 0 Å². The van der Waals surface area contributed by atoms with Crippen molar-refractivity contribution >= 4 is 57.5 Å². The van der Waals surface area contributed by atoms with Crippen LogP contribution in [0.15, 0.2) is 58.8 Å². The number of thioether (sulfide) groups is 2.